The number of benzene rings is 2. The van der Waals surface area contributed by atoms with Crippen LogP contribution in [-0.2, 0) is 11.2 Å². The molecule has 2 aromatic carbocycles. The topological polar surface area (TPSA) is 87.9 Å². The average Bonchev–Trinajstić information content (AvgIpc) is 3.31. The third-order valence-corrected chi connectivity index (χ3v) is 6.06. The summed E-state index contributed by atoms with van der Waals surface area (Å²) in [6, 6.07) is 18.0. The van der Waals surface area contributed by atoms with Crippen LogP contribution in [0.25, 0.3) is 5.65 Å². The molecule has 4 aromatic rings. The lowest BCUT2D eigenvalue weighted by atomic mass is 10.2. The zero-order chi connectivity index (χ0) is 24.2. The summed E-state index contributed by atoms with van der Waals surface area (Å²) in [7, 11) is 1.67. The van der Waals surface area contributed by atoms with Gasteiger partial charge in [0, 0.05) is 50.8 Å². The summed E-state index contributed by atoms with van der Waals surface area (Å²) in [6.07, 6.45) is 0.474. The molecule has 0 atom stereocenters. The third kappa shape index (κ3) is 5.01. The Hall–Kier alpha value is -4.21. The summed E-state index contributed by atoms with van der Waals surface area (Å²) >= 11 is 0. The molecule has 1 aliphatic rings. The highest BCUT2D eigenvalue weighted by atomic mass is 19.1. The Kier molecular flexibility index (Phi) is 6.42. The smallest absolute Gasteiger partial charge is 0.224 e. The first kappa shape index (κ1) is 22.6. The lowest BCUT2D eigenvalue weighted by Gasteiger charge is -2.36. The number of piperazine rings is 1. The minimum Gasteiger partial charge on any atom is -0.497 e. The zero-order valence-corrected chi connectivity index (χ0v) is 19.4. The molecule has 0 bridgehead atoms. The molecular weight excluding hydrogens is 449 g/mol. The number of rotatable bonds is 7. The first-order valence-corrected chi connectivity index (χ1v) is 11.5. The number of fused-ring (bicyclic) bond motifs is 1. The molecule has 2 aromatic heterocycles. The van der Waals surface area contributed by atoms with E-state index < -0.39 is 5.82 Å². The number of methoxy groups -OCH3 is 1. The normalized spacial score (nSPS) is 13.8. The number of hydrogen-bond acceptors (Lipinski definition) is 7. The molecule has 0 saturated carbocycles. The van der Waals surface area contributed by atoms with E-state index in [1.165, 1.54) is 12.1 Å². The monoisotopic (exact) mass is 475 g/mol. The van der Waals surface area contributed by atoms with Gasteiger partial charge in [-0.2, -0.15) is 4.52 Å². The Bertz CT molecular complexity index is 1330. The fourth-order valence-corrected chi connectivity index (χ4v) is 4.15. The van der Waals surface area contributed by atoms with Crippen molar-refractivity contribution >= 4 is 28.7 Å². The second-order valence-electron chi connectivity index (χ2n) is 8.28. The van der Waals surface area contributed by atoms with Gasteiger partial charge in [-0.1, -0.05) is 18.2 Å². The minimum atomic E-state index is -0.466. The number of aromatic nitrogens is 4. The molecule has 180 valence electrons. The van der Waals surface area contributed by atoms with Crippen LogP contribution in [0.15, 0.2) is 60.7 Å². The van der Waals surface area contributed by atoms with Gasteiger partial charge in [-0.15, -0.1) is 15.3 Å². The number of nitrogens with one attached hydrogen (secondary N) is 1. The molecular formula is C25H26FN7O2. The summed E-state index contributed by atoms with van der Waals surface area (Å²) < 4.78 is 20.8. The molecule has 1 N–H and O–H groups in total. The maximum absolute atomic E-state index is 13.8. The highest BCUT2D eigenvalue weighted by Crippen LogP contribution is 2.23. The van der Waals surface area contributed by atoms with Crippen LogP contribution in [0.2, 0.25) is 0 Å². The Labute approximate surface area is 202 Å². The highest BCUT2D eigenvalue weighted by Gasteiger charge is 2.20. The van der Waals surface area contributed by atoms with Crippen molar-refractivity contribution in [3.63, 3.8) is 0 Å². The summed E-state index contributed by atoms with van der Waals surface area (Å²) in [5.41, 5.74) is 1.92. The fraction of sp³-hybridized carbons (Fsp3) is 0.280. The van der Waals surface area contributed by atoms with Crippen LogP contribution < -0.4 is 19.9 Å². The Morgan fingerprint density at radius 1 is 1.00 bits per heavy atom. The predicted octanol–water partition coefficient (Wildman–Crippen LogP) is 3.17. The second kappa shape index (κ2) is 9.96. The molecule has 0 aliphatic carbocycles. The lowest BCUT2D eigenvalue weighted by Crippen LogP contribution is -2.47. The van der Waals surface area contributed by atoms with Crippen molar-refractivity contribution in [3.8, 4) is 5.75 Å². The van der Waals surface area contributed by atoms with Crippen molar-refractivity contribution in [1.29, 1.82) is 0 Å². The second-order valence-corrected chi connectivity index (χ2v) is 8.28. The Balaban J connectivity index is 1.23. The van der Waals surface area contributed by atoms with Gasteiger partial charge in [0.1, 0.15) is 17.4 Å². The number of aryl methyl sites for hydroxylation is 1. The van der Waals surface area contributed by atoms with E-state index in [2.05, 4.69) is 31.4 Å². The average molecular weight is 476 g/mol. The van der Waals surface area contributed by atoms with Crippen LogP contribution in [0.4, 0.5) is 21.6 Å². The van der Waals surface area contributed by atoms with Crippen molar-refractivity contribution in [1.82, 2.24) is 19.8 Å². The highest BCUT2D eigenvalue weighted by molar-refractivity contribution is 5.90. The van der Waals surface area contributed by atoms with Crippen molar-refractivity contribution in [2.24, 2.45) is 0 Å². The fourth-order valence-electron chi connectivity index (χ4n) is 4.15. The zero-order valence-electron chi connectivity index (χ0n) is 19.4. The molecule has 9 nitrogen and oxygen atoms in total. The van der Waals surface area contributed by atoms with Gasteiger partial charge in [0.15, 0.2) is 11.5 Å². The standard InChI is InChI=1S/C25H26FN7O2/c1-35-19-6-4-5-18(17-19)31-13-15-32(16-14-31)24-10-9-22-28-29-23(33(22)30-24)11-12-25(34)27-21-8-3-2-7-20(21)26/h2-10,17H,11-16H2,1H3,(H,27,34). The first-order chi connectivity index (χ1) is 17.1. The SMILES string of the molecule is COc1cccc(N2CCN(c3ccc4nnc(CCC(=O)Nc5ccccc5F)n4n3)CC2)c1. The molecule has 10 heteroatoms. The molecule has 5 rings (SSSR count). The molecule has 0 radical (unpaired) electrons. The van der Waals surface area contributed by atoms with Crippen molar-refractivity contribution in [2.45, 2.75) is 12.8 Å². The van der Waals surface area contributed by atoms with Gasteiger partial charge >= 0.3 is 0 Å². The van der Waals surface area contributed by atoms with Gasteiger partial charge in [-0.3, -0.25) is 4.79 Å². The number of anilines is 3. The predicted molar refractivity (Wildman–Crippen MR) is 132 cm³/mol. The molecule has 3 heterocycles. The molecule has 1 amide bonds. The Morgan fingerprint density at radius 3 is 2.60 bits per heavy atom. The number of ether oxygens (including phenoxy) is 1. The maximum Gasteiger partial charge on any atom is 0.224 e. The third-order valence-electron chi connectivity index (χ3n) is 6.06. The molecule has 1 aliphatic heterocycles. The van der Waals surface area contributed by atoms with Gasteiger partial charge in [0.2, 0.25) is 5.91 Å². The lowest BCUT2D eigenvalue weighted by molar-refractivity contribution is -0.116. The van der Waals surface area contributed by atoms with E-state index in [1.54, 1.807) is 23.8 Å². The summed E-state index contributed by atoms with van der Waals surface area (Å²) in [4.78, 5) is 16.9. The van der Waals surface area contributed by atoms with E-state index in [1.807, 2.05) is 30.3 Å². The molecule has 0 spiro atoms. The molecule has 1 saturated heterocycles. The first-order valence-electron chi connectivity index (χ1n) is 11.5. The van der Waals surface area contributed by atoms with Gasteiger partial charge < -0.3 is 19.9 Å². The van der Waals surface area contributed by atoms with E-state index in [0.29, 0.717) is 17.9 Å². The number of nitrogens with zero attached hydrogens (tertiary/aromatic N) is 6. The minimum absolute atomic E-state index is 0.139. The Morgan fingerprint density at radius 2 is 1.80 bits per heavy atom. The van der Waals surface area contributed by atoms with Crippen LogP contribution in [0.5, 0.6) is 5.75 Å². The van der Waals surface area contributed by atoms with Crippen LogP contribution in [-0.4, -0.2) is 59.0 Å². The quantitative estimate of drug-likeness (QED) is 0.439. The number of carbonyl (C=O) groups is 1. The van der Waals surface area contributed by atoms with E-state index in [4.69, 9.17) is 9.84 Å². The number of halogens is 1. The van der Waals surface area contributed by atoms with E-state index in [0.717, 1.165) is 43.4 Å². The van der Waals surface area contributed by atoms with Gasteiger partial charge in [-0.05, 0) is 36.4 Å². The summed E-state index contributed by atoms with van der Waals surface area (Å²) in [5, 5.41) is 15.7. The number of para-hydroxylation sites is 1. The van der Waals surface area contributed by atoms with Gasteiger partial charge in [-0.25, -0.2) is 4.39 Å². The van der Waals surface area contributed by atoms with Gasteiger partial charge in [0.05, 0.1) is 12.8 Å². The molecule has 1 fully saturated rings. The van der Waals surface area contributed by atoms with E-state index in [-0.39, 0.29) is 18.0 Å². The number of carbonyl (C=O) groups excluding carboxylic acids is 1. The van der Waals surface area contributed by atoms with Crippen LogP contribution in [0.1, 0.15) is 12.2 Å². The van der Waals surface area contributed by atoms with Crippen LogP contribution in [0, 0.1) is 5.82 Å². The van der Waals surface area contributed by atoms with Crippen molar-refractivity contribution < 1.29 is 13.9 Å². The number of amides is 1. The van der Waals surface area contributed by atoms with Crippen molar-refractivity contribution in [2.75, 3.05) is 48.4 Å². The van der Waals surface area contributed by atoms with Crippen LogP contribution >= 0.6 is 0 Å². The van der Waals surface area contributed by atoms with Crippen LogP contribution in [0.3, 0.4) is 0 Å². The van der Waals surface area contributed by atoms with Gasteiger partial charge in [0.25, 0.3) is 0 Å². The van der Waals surface area contributed by atoms with E-state index >= 15 is 0 Å². The summed E-state index contributed by atoms with van der Waals surface area (Å²) in [5.74, 6) is 1.50. The van der Waals surface area contributed by atoms with E-state index in [9.17, 15) is 9.18 Å². The largest absolute Gasteiger partial charge is 0.497 e. The summed E-state index contributed by atoms with van der Waals surface area (Å²) in [6.45, 7) is 3.35. The maximum atomic E-state index is 13.8. The van der Waals surface area contributed by atoms with Crippen molar-refractivity contribution in [3.05, 3.63) is 72.3 Å². The molecule has 35 heavy (non-hydrogen) atoms. The molecule has 0 unspecified atom stereocenters. The number of hydrogen-bond donors (Lipinski definition) is 1.